The van der Waals surface area contributed by atoms with Gasteiger partial charge in [-0.25, -0.2) is 0 Å². The Morgan fingerprint density at radius 3 is 1.23 bits per heavy atom. The van der Waals surface area contributed by atoms with Gasteiger partial charge in [0.15, 0.2) is 0 Å². The van der Waals surface area contributed by atoms with Crippen LogP contribution in [0.5, 0.6) is 11.5 Å². The van der Waals surface area contributed by atoms with E-state index in [2.05, 4.69) is 0 Å². The van der Waals surface area contributed by atoms with E-state index in [-0.39, 0.29) is 26.4 Å². The van der Waals surface area contributed by atoms with E-state index in [1.165, 1.54) is 13.8 Å². The fourth-order valence-electron chi connectivity index (χ4n) is 1.93. The average Bonchev–Trinajstić information content (AvgIpc) is 2.78. The van der Waals surface area contributed by atoms with Gasteiger partial charge in [0.05, 0.1) is 26.4 Å². The average molecular weight is 430 g/mol. The van der Waals surface area contributed by atoms with Gasteiger partial charge >= 0.3 is 11.9 Å². The molecule has 0 aliphatic heterocycles. The molecule has 0 saturated heterocycles. The molecule has 0 aliphatic rings. The third-order valence-electron chi connectivity index (χ3n) is 4.38. The highest BCUT2D eigenvalue weighted by Gasteiger charge is 2.34. The molecular weight excluding hydrogens is 400 g/mol. The number of esters is 2. The fourth-order valence-corrected chi connectivity index (χ4v) is 1.93. The summed E-state index contributed by atoms with van der Waals surface area (Å²) in [6, 6.07) is 6.57. The van der Waals surface area contributed by atoms with Crippen molar-refractivity contribution < 1.29 is 49.0 Å². The summed E-state index contributed by atoms with van der Waals surface area (Å²) in [5.74, 6) is -0.394. The lowest BCUT2D eigenvalue weighted by Crippen LogP contribution is -2.37. The maximum absolute atomic E-state index is 11.8. The van der Waals surface area contributed by atoms with Crippen LogP contribution in [0.15, 0.2) is 24.3 Å². The van der Waals surface area contributed by atoms with Crippen molar-refractivity contribution >= 4 is 11.9 Å². The van der Waals surface area contributed by atoms with E-state index in [1.807, 2.05) is 0 Å². The molecule has 170 valence electrons. The van der Waals surface area contributed by atoms with Crippen LogP contribution < -0.4 is 9.47 Å². The van der Waals surface area contributed by atoms with Crippen molar-refractivity contribution in [2.75, 3.05) is 52.9 Å². The number of ether oxygens (including phenoxy) is 4. The largest absolute Gasteiger partial charge is 0.490 e. The maximum Gasteiger partial charge on any atom is 0.316 e. The summed E-state index contributed by atoms with van der Waals surface area (Å²) in [4.78, 5) is 23.5. The Morgan fingerprint density at radius 2 is 0.967 bits per heavy atom. The van der Waals surface area contributed by atoms with E-state index in [0.717, 1.165) is 0 Å². The van der Waals surface area contributed by atoms with Crippen LogP contribution in [0.1, 0.15) is 13.8 Å². The lowest BCUT2D eigenvalue weighted by atomic mass is 9.93. The minimum Gasteiger partial charge on any atom is -0.490 e. The van der Waals surface area contributed by atoms with Crippen LogP contribution in [0.3, 0.4) is 0 Å². The lowest BCUT2D eigenvalue weighted by molar-refractivity contribution is -0.161. The highest BCUT2D eigenvalue weighted by molar-refractivity contribution is 5.77. The summed E-state index contributed by atoms with van der Waals surface area (Å²) < 4.78 is 20.8. The molecule has 1 aromatic carbocycles. The maximum atomic E-state index is 11.8. The first-order valence-electron chi connectivity index (χ1n) is 9.38. The topological polar surface area (TPSA) is 152 Å². The molecule has 0 fully saturated rings. The van der Waals surface area contributed by atoms with Crippen LogP contribution in [0.4, 0.5) is 0 Å². The van der Waals surface area contributed by atoms with Crippen molar-refractivity contribution in [3.05, 3.63) is 24.3 Å². The van der Waals surface area contributed by atoms with E-state index in [4.69, 9.17) is 39.4 Å². The van der Waals surface area contributed by atoms with E-state index >= 15 is 0 Å². The molecule has 0 amide bonds. The standard InChI is InChI=1S/C20H30O10/c1-19(11-21,12-22)17(25)29-9-7-27-15-3-5-16(6-4-15)28-8-10-30-18(26)20(2,13-23)14-24/h3-6,21-24H,7-14H2,1-2H3. The first-order valence-corrected chi connectivity index (χ1v) is 9.38. The van der Waals surface area contributed by atoms with Gasteiger partial charge in [-0.15, -0.1) is 0 Å². The molecule has 1 rings (SSSR count). The molecule has 4 N–H and O–H groups in total. The van der Waals surface area contributed by atoms with Crippen molar-refractivity contribution in [2.45, 2.75) is 13.8 Å². The number of hydrogen-bond acceptors (Lipinski definition) is 10. The smallest absolute Gasteiger partial charge is 0.316 e. The van der Waals surface area contributed by atoms with Crippen LogP contribution >= 0.6 is 0 Å². The van der Waals surface area contributed by atoms with E-state index in [1.54, 1.807) is 24.3 Å². The minimum absolute atomic E-state index is 0.0430. The molecule has 0 unspecified atom stereocenters. The highest BCUT2D eigenvalue weighted by atomic mass is 16.6. The summed E-state index contributed by atoms with van der Waals surface area (Å²) >= 11 is 0. The summed E-state index contributed by atoms with van der Waals surface area (Å²) in [6.45, 7) is 0.793. The number of aliphatic hydroxyl groups excluding tert-OH is 4. The monoisotopic (exact) mass is 430 g/mol. The Morgan fingerprint density at radius 1 is 0.667 bits per heavy atom. The van der Waals surface area contributed by atoms with Crippen molar-refractivity contribution in [1.29, 1.82) is 0 Å². The second-order valence-corrected chi connectivity index (χ2v) is 7.19. The van der Waals surface area contributed by atoms with E-state index < -0.39 is 49.2 Å². The lowest BCUT2D eigenvalue weighted by Gasteiger charge is -2.22. The van der Waals surface area contributed by atoms with Crippen LogP contribution in [0, 0.1) is 10.8 Å². The number of carbonyl (C=O) groups is 2. The Labute approximate surface area is 174 Å². The highest BCUT2D eigenvalue weighted by Crippen LogP contribution is 2.19. The molecule has 0 aliphatic carbocycles. The molecule has 0 spiro atoms. The Hall–Kier alpha value is -2.40. The minimum atomic E-state index is -1.35. The van der Waals surface area contributed by atoms with Crippen LogP contribution in [0.25, 0.3) is 0 Å². The zero-order valence-electron chi connectivity index (χ0n) is 17.2. The zero-order chi connectivity index (χ0) is 22.6. The molecule has 0 bridgehead atoms. The van der Waals surface area contributed by atoms with Crippen molar-refractivity contribution in [3.63, 3.8) is 0 Å². The zero-order valence-corrected chi connectivity index (χ0v) is 17.2. The molecule has 0 atom stereocenters. The summed E-state index contributed by atoms with van der Waals surface area (Å²) in [5, 5.41) is 36.5. The first-order chi connectivity index (χ1) is 14.2. The Balaban J connectivity index is 2.31. The van der Waals surface area contributed by atoms with Gasteiger partial charge in [0.2, 0.25) is 0 Å². The van der Waals surface area contributed by atoms with Gasteiger partial charge in [0, 0.05) is 0 Å². The fraction of sp³-hybridized carbons (Fsp3) is 0.600. The summed E-state index contributed by atoms with van der Waals surface area (Å²) in [7, 11) is 0. The van der Waals surface area contributed by atoms with E-state index in [0.29, 0.717) is 11.5 Å². The molecule has 10 nitrogen and oxygen atoms in total. The van der Waals surface area contributed by atoms with Crippen LogP contribution in [-0.2, 0) is 19.1 Å². The van der Waals surface area contributed by atoms with Gasteiger partial charge in [-0.1, -0.05) is 0 Å². The molecule has 30 heavy (non-hydrogen) atoms. The quantitative estimate of drug-likeness (QED) is 0.225. The molecular formula is C20H30O10. The summed E-state index contributed by atoms with van der Waals surface area (Å²) in [6.07, 6.45) is 0. The normalized spacial score (nSPS) is 11.7. The second kappa shape index (κ2) is 12.3. The third kappa shape index (κ3) is 7.45. The summed E-state index contributed by atoms with van der Waals surface area (Å²) in [5.41, 5.74) is -2.69. The van der Waals surface area contributed by atoms with Crippen LogP contribution in [0.2, 0.25) is 0 Å². The van der Waals surface area contributed by atoms with Gasteiger partial charge < -0.3 is 39.4 Å². The Bertz CT molecular complexity index is 593. The van der Waals surface area contributed by atoms with Gasteiger partial charge in [0.1, 0.15) is 48.8 Å². The van der Waals surface area contributed by atoms with E-state index in [9.17, 15) is 9.59 Å². The first kappa shape index (κ1) is 25.6. The van der Waals surface area contributed by atoms with Crippen LogP contribution in [-0.4, -0.2) is 85.2 Å². The van der Waals surface area contributed by atoms with Crippen molar-refractivity contribution in [1.82, 2.24) is 0 Å². The second-order valence-electron chi connectivity index (χ2n) is 7.19. The number of carbonyl (C=O) groups excluding carboxylic acids is 2. The van der Waals surface area contributed by atoms with Crippen molar-refractivity contribution in [2.24, 2.45) is 10.8 Å². The molecule has 0 heterocycles. The number of rotatable bonds is 14. The van der Waals surface area contributed by atoms with Gasteiger partial charge in [-0.3, -0.25) is 9.59 Å². The third-order valence-corrected chi connectivity index (χ3v) is 4.38. The molecule has 10 heteroatoms. The molecule has 0 saturated carbocycles. The molecule has 1 aromatic rings. The Kier molecular flexibility index (Phi) is 10.5. The number of aliphatic hydroxyl groups is 4. The van der Waals surface area contributed by atoms with Gasteiger partial charge in [0.25, 0.3) is 0 Å². The van der Waals surface area contributed by atoms with Crippen molar-refractivity contribution in [3.8, 4) is 11.5 Å². The number of benzene rings is 1. The SMILES string of the molecule is CC(CO)(CO)C(=O)OCCOc1ccc(OCCOC(=O)C(C)(CO)CO)cc1. The molecule has 0 aromatic heterocycles. The molecule has 0 radical (unpaired) electrons. The predicted molar refractivity (Wildman–Crippen MR) is 104 cm³/mol. The predicted octanol–water partition coefficient (Wildman–Crippen LogP) is -0.488. The van der Waals surface area contributed by atoms with Gasteiger partial charge in [-0.2, -0.15) is 0 Å². The van der Waals surface area contributed by atoms with Gasteiger partial charge in [-0.05, 0) is 38.1 Å². The number of hydrogen-bond donors (Lipinski definition) is 4.